The molecule has 1 heterocycles. The maximum absolute atomic E-state index is 12.4. The predicted molar refractivity (Wildman–Crippen MR) is 100 cm³/mol. The minimum atomic E-state index is -3.57. The highest BCUT2D eigenvalue weighted by Gasteiger charge is 2.23. The number of nitrogens with two attached hydrogens (primary N) is 1. The summed E-state index contributed by atoms with van der Waals surface area (Å²) in [5, 5.41) is 2.67. The Morgan fingerprint density at radius 1 is 1.16 bits per heavy atom. The Labute approximate surface area is 153 Å². The zero-order valence-corrected chi connectivity index (χ0v) is 15.8. The topological polar surface area (TPSA) is 105 Å². The number of halogens is 1. The van der Waals surface area contributed by atoms with Crippen LogP contribution in [0.4, 0.5) is 11.5 Å². The van der Waals surface area contributed by atoms with Crippen molar-refractivity contribution in [2.45, 2.75) is 24.8 Å². The Kier molecular flexibility index (Phi) is 6.92. The Morgan fingerprint density at radius 3 is 2.24 bits per heavy atom. The van der Waals surface area contributed by atoms with E-state index >= 15 is 0 Å². The van der Waals surface area contributed by atoms with Gasteiger partial charge in [-0.3, -0.25) is 4.79 Å². The number of hydrogen-bond donors (Lipinski definition) is 2. The zero-order chi connectivity index (χ0) is 17.9. The van der Waals surface area contributed by atoms with Crippen molar-refractivity contribution in [3.05, 3.63) is 48.2 Å². The molecule has 9 heteroatoms. The van der Waals surface area contributed by atoms with Gasteiger partial charge >= 0.3 is 0 Å². The van der Waals surface area contributed by atoms with Crippen LogP contribution in [0, 0.1) is 0 Å². The molecular weight excluding hydrogens is 364 g/mol. The third-order valence-electron chi connectivity index (χ3n) is 3.56. The fourth-order valence-electron chi connectivity index (χ4n) is 1.90. The number of carbonyl (C=O) groups excluding carboxylic acids is 1. The molecule has 25 heavy (non-hydrogen) atoms. The van der Waals surface area contributed by atoms with Crippen molar-refractivity contribution in [2.75, 3.05) is 18.1 Å². The highest BCUT2D eigenvalue weighted by atomic mass is 35.5. The number of pyridine rings is 1. The average molecular weight is 385 g/mol. The SMILES string of the molecule is CC(C)N(C)S(=O)(=O)c1ccc(C(=O)Nc2ccc(N)nc2)cc1.Cl. The van der Waals surface area contributed by atoms with Gasteiger partial charge in [-0.05, 0) is 50.2 Å². The molecule has 0 saturated carbocycles. The number of hydrogen-bond acceptors (Lipinski definition) is 5. The van der Waals surface area contributed by atoms with E-state index in [-0.39, 0.29) is 29.3 Å². The summed E-state index contributed by atoms with van der Waals surface area (Å²) in [6, 6.07) is 8.84. The number of rotatable bonds is 5. The monoisotopic (exact) mass is 384 g/mol. The Morgan fingerprint density at radius 2 is 1.76 bits per heavy atom. The van der Waals surface area contributed by atoms with E-state index in [1.54, 1.807) is 26.0 Å². The van der Waals surface area contributed by atoms with Gasteiger partial charge in [0, 0.05) is 18.7 Å². The molecular formula is C16H21ClN4O3S. The van der Waals surface area contributed by atoms with Crippen molar-refractivity contribution in [3.63, 3.8) is 0 Å². The lowest BCUT2D eigenvalue weighted by atomic mass is 10.2. The van der Waals surface area contributed by atoms with Crippen LogP contribution in [0.25, 0.3) is 0 Å². The molecule has 0 unspecified atom stereocenters. The largest absolute Gasteiger partial charge is 0.384 e. The molecule has 7 nitrogen and oxygen atoms in total. The van der Waals surface area contributed by atoms with Crippen LogP contribution in [0.5, 0.6) is 0 Å². The van der Waals surface area contributed by atoms with Crippen molar-refractivity contribution in [2.24, 2.45) is 0 Å². The fourth-order valence-corrected chi connectivity index (χ4v) is 3.27. The minimum Gasteiger partial charge on any atom is -0.384 e. The summed E-state index contributed by atoms with van der Waals surface area (Å²) in [7, 11) is -2.04. The summed E-state index contributed by atoms with van der Waals surface area (Å²) >= 11 is 0. The molecule has 0 fully saturated rings. The molecule has 0 radical (unpaired) electrons. The fraction of sp³-hybridized carbons (Fsp3) is 0.250. The second-order valence-electron chi connectivity index (χ2n) is 5.57. The molecule has 136 valence electrons. The molecule has 1 aromatic carbocycles. The van der Waals surface area contributed by atoms with Gasteiger partial charge in [0.15, 0.2) is 0 Å². The maximum Gasteiger partial charge on any atom is 0.255 e. The Balaban J connectivity index is 0.00000312. The van der Waals surface area contributed by atoms with Crippen molar-refractivity contribution in [3.8, 4) is 0 Å². The standard InChI is InChI=1S/C16H20N4O3S.ClH/c1-11(2)20(3)24(22,23)14-7-4-12(5-8-14)16(21)19-13-6-9-15(17)18-10-13;/h4-11H,1-3H3,(H2,17,18)(H,19,21);1H. The van der Waals surface area contributed by atoms with Crippen molar-refractivity contribution in [1.82, 2.24) is 9.29 Å². The molecule has 0 aliphatic rings. The summed E-state index contributed by atoms with van der Waals surface area (Å²) in [6.07, 6.45) is 1.45. The Hall–Kier alpha value is -2.16. The van der Waals surface area contributed by atoms with E-state index in [1.807, 2.05) is 0 Å². The third kappa shape index (κ3) is 4.91. The van der Waals surface area contributed by atoms with Crippen LogP contribution in [-0.2, 0) is 10.0 Å². The normalized spacial score (nSPS) is 11.2. The summed E-state index contributed by atoms with van der Waals surface area (Å²) in [4.78, 5) is 16.2. The van der Waals surface area contributed by atoms with Gasteiger partial charge in [0.1, 0.15) is 5.82 Å². The van der Waals surface area contributed by atoms with E-state index in [0.717, 1.165) is 0 Å². The first-order valence-electron chi connectivity index (χ1n) is 7.33. The number of nitrogens with one attached hydrogen (secondary N) is 1. The van der Waals surface area contributed by atoms with Crippen LogP contribution < -0.4 is 11.1 Å². The third-order valence-corrected chi connectivity index (χ3v) is 5.61. The summed E-state index contributed by atoms with van der Waals surface area (Å²) < 4.78 is 26.0. The molecule has 0 atom stereocenters. The first-order valence-corrected chi connectivity index (χ1v) is 8.77. The van der Waals surface area contributed by atoms with E-state index < -0.39 is 10.0 Å². The van der Waals surface area contributed by atoms with Gasteiger partial charge in [0.05, 0.1) is 16.8 Å². The van der Waals surface area contributed by atoms with Gasteiger partial charge in [0.25, 0.3) is 5.91 Å². The quantitative estimate of drug-likeness (QED) is 0.823. The summed E-state index contributed by atoms with van der Waals surface area (Å²) in [5.41, 5.74) is 6.34. The minimum absolute atomic E-state index is 0. The molecule has 3 N–H and O–H groups in total. The Bertz CT molecular complexity index is 821. The van der Waals surface area contributed by atoms with Crippen molar-refractivity contribution in [1.29, 1.82) is 0 Å². The summed E-state index contributed by atoms with van der Waals surface area (Å²) in [5.74, 6) is -0.000403. The number of nitrogen functional groups attached to an aromatic ring is 1. The number of sulfonamides is 1. The van der Waals surface area contributed by atoms with Crippen LogP contribution in [0.3, 0.4) is 0 Å². The highest BCUT2D eigenvalue weighted by molar-refractivity contribution is 7.89. The van der Waals surface area contributed by atoms with E-state index in [9.17, 15) is 13.2 Å². The molecule has 1 aromatic heterocycles. The molecule has 1 amide bonds. The molecule has 2 rings (SSSR count). The van der Waals surface area contributed by atoms with Gasteiger partial charge in [-0.25, -0.2) is 13.4 Å². The number of aromatic nitrogens is 1. The van der Waals surface area contributed by atoms with Gasteiger partial charge in [-0.15, -0.1) is 12.4 Å². The van der Waals surface area contributed by atoms with E-state index in [2.05, 4.69) is 10.3 Å². The lowest BCUT2D eigenvalue weighted by Crippen LogP contribution is -2.33. The number of anilines is 2. The molecule has 0 aliphatic heterocycles. The van der Waals surface area contributed by atoms with E-state index in [1.165, 1.54) is 41.8 Å². The number of benzene rings is 1. The molecule has 0 saturated heterocycles. The zero-order valence-electron chi connectivity index (χ0n) is 14.1. The lowest BCUT2D eigenvalue weighted by molar-refractivity contribution is 0.102. The average Bonchev–Trinajstić information content (AvgIpc) is 2.56. The number of amides is 1. The first-order chi connectivity index (χ1) is 11.2. The van der Waals surface area contributed by atoms with Crippen LogP contribution >= 0.6 is 12.4 Å². The van der Waals surface area contributed by atoms with Crippen molar-refractivity contribution >= 4 is 39.8 Å². The van der Waals surface area contributed by atoms with Crippen LogP contribution in [-0.4, -0.2) is 36.7 Å². The highest BCUT2D eigenvalue weighted by Crippen LogP contribution is 2.18. The van der Waals surface area contributed by atoms with Crippen molar-refractivity contribution < 1.29 is 13.2 Å². The summed E-state index contributed by atoms with van der Waals surface area (Å²) in [6.45, 7) is 3.58. The molecule has 0 aliphatic carbocycles. The van der Waals surface area contributed by atoms with Crippen LogP contribution in [0.15, 0.2) is 47.5 Å². The number of carbonyl (C=O) groups is 1. The van der Waals surface area contributed by atoms with Gasteiger partial charge in [0.2, 0.25) is 10.0 Å². The molecule has 2 aromatic rings. The molecule has 0 bridgehead atoms. The second kappa shape index (κ2) is 8.28. The smallest absolute Gasteiger partial charge is 0.255 e. The van der Waals surface area contributed by atoms with Gasteiger partial charge < -0.3 is 11.1 Å². The van der Waals surface area contributed by atoms with Crippen LogP contribution in [0.1, 0.15) is 24.2 Å². The number of nitrogens with zero attached hydrogens (tertiary/aromatic N) is 2. The van der Waals surface area contributed by atoms with E-state index in [0.29, 0.717) is 17.1 Å². The van der Waals surface area contributed by atoms with E-state index in [4.69, 9.17) is 5.73 Å². The lowest BCUT2D eigenvalue weighted by Gasteiger charge is -2.21. The predicted octanol–water partition coefficient (Wildman–Crippen LogP) is 2.37. The molecule has 0 spiro atoms. The van der Waals surface area contributed by atoms with Gasteiger partial charge in [-0.2, -0.15) is 4.31 Å². The van der Waals surface area contributed by atoms with Gasteiger partial charge in [-0.1, -0.05) is 0 Å². The van der Waals surface area contributed by atoms with Crippen LogP contribution in [0.2, 0.25) is 0 Å². The second-order valence-corrected chi connectivity index (χ2v) is 7.56. The first kappa shape index (κ1) is 20.9. The maximum atomic E-state index is 12.4.